The van der Waals surface area contributed by atoms with Crippen LogP contribution in [0.25, 0.3) is 0 Å². The third kappa shape index (κ3) is 2.43. The van der Waals surface area contributed by atoms with Gasteiger partial charge in [0, 0.05) is 37.3 Å². The lowest BCUT2D eigenvalue weighted by Crippen LogP contribution is -2.46. The zero-order valence-corrected chi connectivity index (χ0v) is 14.0. The molecule has 1 fully saturated rings. The van der Waals surface area contributed by atoms with Crippen molar-refractivity contribution >= 4 is 17.4 Å². The summed E-state index contributed by atoms with van der Waals surface area (Å²) in [5, 5.41) is 32.1. The largest absolute Gasteiger partial charge is 0.512 e. The van der Waals surface area contributed by atoms with E-state index in [2.05, 4.69) is 5.32 Å². The van der Waals surface area contributed by atoms with E-state index >= 15 is 0 Å². The van der Waals surface area contributed by atoms with Gasteiger partial charge >= 0.3 is 0 Å². The molecule has 1 heterocycles. The average Bonchev–Trinajstić information content (AvgIpc) is 2.65. The van der Waals surface area contributed by atoms with Crippen LogP contribution in [-0.4, -0.2) is 58.7 Å². The molecule has 0 amide bonds. The number of carbonyl (C=O) groups excluding carboxylic acids is 2. The van der Waals surface area contributed by atoms with Gasteiger partial charge in [-0.2, -0.15) is 0 Å². The molecule has 2 atom stereocenters. The van der Waals surface area contributed by atoms with E-state index in [4.69, 9.17) is 5.41 Å². The number of carbonyl (C=O) groups is 2. The number of fused-ring (bicyclic) bond motifs is 2. The van der Waals surface area contributed by atoms with Crippen molar-refractivity contribution in [3.8, 4) is 5.75 Å². The lowest BCUT2D eigenvalue weighted by Gasteiger charge is -2.32. The van der Waals surface area contributed by atoms with Crippen LogP contribution in [0.2, 0.25) is 0 Å². The summed E-state index contributed by atoms with van der Waals surface area (Å²) in [4.78, 5) is 27.6. The van der Waals surface area contributed by atoms with E-state index in [1.165, 1.54) is 18.2 Å². The van der Waals surface area contributed by atoms with Gasteiger partial charge in [0.25, 0.3) is 0 Å². The fraction of sp³-hybridized carbons (Fsp3) is 0.316. The minimum Gasteiger partial charge on any atom is -0.512 e. The maximum absolute atomic E-state index is 12.9. The minimum atomic E-state index is -0.982. The van der Waals surface area contributed by atoms with Crippen molar-refractivity contribution in [1.82, 2.24) is 10.2 Å². The van der Waals surface area contributed by atoms with E-state index in [0.29, 0.717) is 18.7 Å². The summed E-state index contributed by atoms with van der Waals surface area (Å²) in [6.45, 7) is 2.85. The topological polar surface area (TPSA) is 114 Å². The number of ketones is 2. The molecule has 0 saturated carbocycles. The van der Waals surface area contributed by atoms with Gasteiger partial charge in [-0.15, -0.1) is 0 Å². The van der Waals surface area contributed by atoms with Gasteiger partial charge in [-0.25, -0.2) is 0 Å². The number of benzene rings is 1. The Labute approximate surface area is 150 Å². The molecule has 0 aromatic heterocycles. The molecule has 7 nitrogen and oxygen atoms in total. The van der Waals surface area contributed by atoms with Crippen LogP contribution in [0.15, 0.2) is 36.1 Å². The third-order valence-corrected chi connectivity index (χ3v) is 5.18. The number of nitrogens with one attached hydrogen (secondary N) is 2. The molecule has 2 aliphatic carbocycles. The van der Waals surface area contributed by atoms with Crippen molar-refractivity contribution in [2.75, 3.05) is 26.2 Å². The Kier molecular flexibility index (Phi) is 3.88. The van der Waals surface area contributed by atoms with Gasteiger partial charge in [-0.1, -0.05) is 12.2 Å². The first-order valence-corrected chi connectivity index (χ1v) is 8.56. The molecule has 1 aromatic rings. The Morgan fingerprint density at radius 2 is 1.88 bits per heavy atom. The quantitative estimate of drug-likeness (QED) is 0.446. The van der Waals surface area contributed by atoms with Gasteiger partial charge in [-0.3, -0.25) is 15.0 Å². The maximum atomic E-state index is 12.9. The van der Waals surface area contributed by atoms with Crippen LogP contribution in [0.1, 0.15) is 26.3 Å². The van der Waals surface area contributed by atoms with E-state index in [1.54, 1.807) is 12.2 Å². The van der Waals surface area contributed by atoms with Gasteiger partial charge in [0.1, 0.15) is 17.3 Å². The smallest absolute Gasteiger partial charge is 0.178 e. The van der Waals surface area contributed by atoms with Gasteiger partial charge < -0.3 is 20.4 Å². The zero-order valence-electron chi connectivity index (χ0n) is 14.0. The first-order valence-electron chi connectivity index (χ1n) is 8.56. The Bertz CT molecular complexity index is 881. The second kappa shape index (κ2) is 6.10. The van der Waals surface area contributed by atoms with E-state index in [1.807, 2.05) is 4.90 Å². The number of Topliss-reactive ketones (excluding diaryl/α,β-unsaturated/α-hetero) is 2. The van der Waals surface area contributed by atoms with E-state index in [-0.39, 0.29) is 34.3 Å². The van der Waals surface area contributed by atoms with Crippen molar-refractivity contribution < 1.29 is 19.8 Å². The zero-order chi connectivity index (χ0) is 18.4. The molecule has 134 valence electrons. The summed E-state index contributed by atoms with van der Waals surface area (Å²) in [7, 11) is 0. The van der Waals surface area contributed by atoms with Crippen molar-refractivity contribution in [3.63, 3.8) is 0 Å². The normalized spacial score (nSPS) is 24.8. The van der Waals surface area contributed by atoms with Crippen molar-refractivity contribution in [2.45, 2.75) is 0 Å². The number of phenolic OH excluding ortho intramolecular Hbond substituents is 1. The predicted octanol–water partition coefficient (Wildman–Crippen LogP) is 1.25. The Morgan fingerprint density at radius 3 is 2.62 bits per heavy atom. The monoisotopic (exact) mass is 353 g/mol. The molecule has 0 radical (unpaired) electrons. The van der Waals surface area contributed by atoms with E-state index < -0.39 is 17.6 Å². The summed E-state index contributed by atoms with van der Waals surface area (Å²) < 4.78 is 0. The summed E-state index contributed by atoms with van der Waals surface area (Å²) in [5.74, 6) is -2.83. The molecule has 4 N–H and O–H groups in total. The van der Waals surface area contributed by atoms with Crippen LogP contribution in [0, 0.1) is 17.2 Å². The number of phenols is 1. The first-order chi connectivity index (χ1) is 12.5. The van der Waals surface area contributed by atoms with Gasteiger partial charge in [0.15, 0.2) is 11.6 Å². The Morgan fingerprint density at radius 1 is 1.15 bits per heavy atom. The van der Waals surface area contributed by atoms with E-state index in [0.717, 1.165) is 13.1 Å². The molecule has 7 heteroatoms. The molecule has 0 spiro atoms. The molecule has 3 aliphatic rings. The molecular weight excluding hydrogens is 334 g/mol. The first kappa shape index (κ1) is 16.5. The Balaban J connectivity index is 1.77. The number of amidine groups is 1. The number of aliphatic hydroxyl groups excluding tert-OH is 1. The molecule has 1 aliphatic heterocycles. The molecule has 26 heavy (non-hydrogen) atoms. The second-order valence-corrected chi connectivity index (χ2v) is 6.71. The average molecular weight is 353 g/mol. The highest BCUT2D eigenvalue weighted by atomic mass is 16.3. The maximum Gasteiger partial charge on any atom is 0.178 e. The fourth-order valence-electron chi connectivity index (χ4n) is 3.83. The lowest BCUT2D eigenvalue weighted by molar-refractivity contribution is 0.0756. The number of allylic oxidation sites excluding steroid dienone is 4. The summed E-state index contributed by atoms with van der Waals surface area (Å²) >= 11 is 0. The molecule has 1 saturated heterocycles. The van der Waals surface area contributed by atoms with Gasteiger partial charge in [0.05, 0.1) is 17.4 Å². The highest BCUT2D eigenvalue weighted by Crippen LogP contribution is 2.40. The minimum absolute atomic E-state index is 0.0663. The third-order valence-electron chi connectivity index (χ3n) is 5.18. The standard InChI is InChI=1S/C19H19N3O4/c20-19(22-6-4-21-5-7-22)10-8-12-16(14(24)9-10)18(26)15-11(17(12)25)2-1-3-13(15)23/h1-3,8-9,11,15,20-21,23-24H,4-7H2/t11?,15-/m1/s1. The van der Waals surface area contributed by atoms with Crippen LogP contribution < -0.4 is 5.32 Å². The molecule has 1 aromatic carbocycles. The SMILES string of the molecule is N=C(c1cc(O)c2c(c1)C(=O)C1C=CC=C(O)[C@@H]1C2=O)N1CCNCC1. The molecular formula is C19H19N3O4. The van der Waals surface area contributed by atoms with Gasteiger partial charge in [0.2, 0.25) is 0 Å². The van der Waals surface area contributed by atoms with Crippen LogP contribution in [0.4, 0.5) is 0 Å². The number of aromatic hydroxyl groups is 1. The molecule has 0 bridgehead atoms. The highest BCUT2D eigenvalue weighted by Gasteiger charge is 2.45. The van der Waals surface area contributed by atoms with Crippen molar-refractivity contribution in [2.24, 2.45) is 11.8 Å². The summed E-state index contributed by atoms with van der Waals surface area (Å²) in [5.41, 5.74) is 0.455. The Hall–Kier alpha value is -2.93. The lowest BCUT2D eigenvalue weighted by atomic mass is 9.71. The van der Waals surface area contributed by atoms with Crippen LogP contribution in [0.5, 0.6) is 5.75 Å². The van der Waals surface area contributed by atoms with Crippen molar-refractivity contribution in [1.29, 1.82) is 5.41 Å². The number of hydrogen-bond donors (Lipinski definition) is 4. The van der Waals surface area contributed by atoms with E-state index in [9.17, 15) is 19.8 Å². The number of piperazine rings is 1. The van der Waals surface area contributed by atoms with Crippen LogP contribution in [-0.2, 0) is 0 Å². The second-order valence-electron chi connectivity index (χ2n) is 6.71. The van der Waals surface area contributed by atoms with Crippen LogP contribution >= 0.6 is 0 Å². The number of hydrogen-bond acceptors (Lipinski definition) is 6. The fourth-order valence-corrected chi connectivity index (χ4v) is 3.83. The molecule has 1 unspecified atom stereocenters. The highest BCUT2D eigenvalue weighted by molar-refractivity contribution is 6.19. The van der Waals surface area contributed by atoms with Gasteiger partial charge in [-0.05, 0) is 18.2 Å². The summed E-state index contributed by atoms with van der Waals surface area (Å²) in [6, 6.07) is 2.87. The summed E-state index contributed by atoms with van der Waals surface area (Å²) in [6.07, 6.45) is 4.54. The molecule has 4 rings (SSSR count). The number of aliphatic hydroxyl groups is 1. The number of rotatable bonds is 1. The van der Waals surface area contributed by atoms with Crippen molar-refractivity contribution in [3.05, 3.63) is 52.8 Å². The number of nitrogens with zero attached hydrogens (tertiary/aromatic N) is 1. The van der Waals surface area contributed by atoms with Crippen LogP contribution in [0.3, 0.4) is 0 Å². The predicted molar refractivity (Wildman–Crippen MR) is 94.9 cm³/mol.